The summed E-state index contributed by atoms with van der Waals surface area (Å²) in [6.07, 6.45) is 0. The molecule has 2 heterocycles. The molecule has 112 valence electrons. The molecule has 2 aliphatic heterocycles. The molecule has 1 atom stereocenters. The van der Waals surface area contributed by atoms with Crippen LogP contribution in [0.25, 0.3) is 0 Å². The van der Waals surface area contributed by atoms with E-state index in [9.17, 15) is 18.0 Å². The van der Waals surface area contributed by atoms with E-state index in [1.165, 1.54) is 9.21 Å². The Morgan fingerprint density at radius 1 is 1.10 bits per heavy atom. The van der Waals surface area contributed by atoms with Gasteiger partial charge in [-0.2, -0.15) is 4.31 Å². The third-order valence-electron chi connectivity index (χ3n) is 3.78. The summed E-state index contributed by atoms with van der Waals surface area (Å²) < 4.78 is 26.5. The van der Waals surface area contributed by atoms with Gasteiger partial charge in [0.25, 0.3) is 0 Å². The number of carbonyl (C=O) groups excluding carboxylic acids is 2. The largest absolute Gasteiger partial charge is 0.346 e. The zero-order valence-electron chi connectivity index (χ0n) is 11.2. The van der Waals surface area contributed by atoms with Crippen LogP contribution in [0.15, 0.2) is 35.2 Å². The van der Waals surface area contributed by atoms with Crippen LogP contribution in [0.2, 0.25) is 0 Å². The summed E-state index contributed by atoms with van der Waals surface area (Å²) in [5.74, 6) is -1.20. The molecule has 2 aliphatic rings. The summed E-state index contributed by atoms with van der Waals surface area (Å²) >= 11 is 0. The van der Waals surface area contributed by atoms with Gasteiger partial charge in [0, 0.05) is 26.2 Å². The first-order valence-corrected chi connectivity index (χ1v) is 8.08. The van der Waals surface area contributed by atoms with Crippen molar-refractivity contribution in [1.29, 1.82) is 0 Å². The number of nitrogens with zero attached hydrogens (tertiary/aromatic N) is 2. The van der Waals surface area contributed by atoms with Gasteiger partial charge in [0.15, 0.2) is 0 Å². The number of rotatable bonds is 2. The zero-order valence-corrected chi connectivity index (χ0v) is 12.0. The molecule has 7 nitrogen and oxygen atoms in total. The number of piperazine rings is 2. The van der Waals surface area contributed by atoms with E-state index in [0.29, 0.717) is 0 Å². The summed E-state index contributed by atoms with van der Waals surface area (Å²) in [4.78, 5) is 24.7. The van der Waals surface area contributed by atoms with Crippen molar-refractivity contribution in [1.82, 2.24) is 14.5 Å². The van der Waals surface area contributed by atoms with Crippen molar-refractivity contribution < 1.29 is 18.0 Å². The Morgan fingerprint density at radius 2 is 1.81 bits per heavy atom. The molecule has 1 aromatic rings. The summed E-state index contributed by atoms with van der Waals surface area (Å²) in [7, 11) is -3.56. The molecule has 21 heavy (non-hydrogen) atoms. The number of sulfonamides is 1. The van der Waals surface area contributed by atoms with Crippen LogP contribution in [0, 0.1) is 0 Å². The fourth-order valence-corrected chi connectivity index (χ4v) is 4.13. The van der Waals surface area contributed by atoms with E-state index in [0.717, 1.165) is 0 Å². The third kappa shape index (κ3) is 2.40. The molecule has 1 aromatic carbocycles. The van der Waals surface area contributed by atoms with Crippen LogP contribution in [-0.2, 0) is 19.6 Å². The maximum absolute atomic E-state index is 12.5. The van der Waals surface area contributed by atoms with E-state index < -0.39 is 21.8 Å². The lowest BCUT2D eigenvalue weighted by atomic mass is 10.1. The van der Waals surface area contributed by atoms with E-state index in [2.05, 4.69) is 5.32 Å². The van der Waals surface area contributed by atoms with Gasteiger partial charge >= 0.3 is 11.8 Å². The Balaban J connectivity index is 1.81. The Labute approximate surface area is 122 Å². The Bertz CT molecular complexity index is 674. The third-order valence-corrected chi connectivity index (χ3v) is 5.66. The molecular weight excluding hydrogens is 294 g/mol. The molecular formula is C13H15N3O4S. The Morgan fingerprint density at radius 3 is 2.52 bits per heavy atom. The van der Waals surface area contributed by atoms with Crippen LogP contribution in [0.3, 0.4) is 0 Å². The average molecular weight is 309 g/mol. The second-order valence-corrected chi connectivity index (χ2v) is 6.98. The molecule has 2 fully saturated rings. The van der Waals surface area contributed by atoms with Crippen molar-refractivity contribution in [3.05, 3.63) is 30.3 Å². The number of amides is 2. The lowest BCUT2D eigenvalue weighted by Gasteiger charge is -2.42. The van der Waals surface area contributed by atoms with Gasteiger partial charge in [0.05, 0.1) is 10.9 Å². The lowest BCUT2D eigenvalue weighted by molar-refractivity contribution is -0.151. The van der Waals surface area contributed by atoms with Crippen LogP contribution in [0.1, 0.15) is 0 Å². The number of fused-ring (bicyclic) bond motifs is 1. The second kappa shape index (κ2) is 5.12. The fraction of sp³-hybridized carbons (Fsp3) is 0.385. The first-order valence-electron chi connectivity index (χ1n) is 6.64. The molecule has 0 aromatic heterocycles. The number of nitrogens with one attached hydrogen (secondary N) is 1. The van der Waals surface area contributed by atoms with E-state index >= 15 is 0 Å². The summed E-state index contributed by atoms with van der Waals surface area (Å²) in [6, 6.07) is 7.90. The van der Waals surface area contributed by atoms with E-state index in [-0.39, 0.29) is 37.1 Å². The topological polar surface area (TPSA) is 86.8 Å². The van der Waals surface area contributed by atoms with Crippen LogP contribution in [0.4, 0.5) is 0 Å². The van der Waals surface area contributed by atoms with E-state index in [1.807, 2.05) is 0 Å². The van der Waals surface area contributed by atoms with Crippen LogP contribution >= 0.6 is 0 Å². The van der Waals surface area contributed by atoms with Crippen LogP contribution < -0.4 is 5.32 Å². The minimum atomic E-state index is -3.56. The monoisotopic (exact) mass is 309 g/mol. The molecule has 8 heteroatoms. The minimum absolute atomic E-state index is 0.198. The van der Waals surface area contributed by atoms with Gasteiger partial charge in [-0.05, 0) is 12.1 Å². The molecule has 0 radical (unpaired) electrons. The maximum Gasteiger partial charge on any atom is 0.312 e. The van der Waals surface area contributed by atoms with Crippen LogP contribution in [-0.4, -0.2) is 61.7 Å². The first-order chi connectivity index (χ1) is 10.00. The van der Waals surface area contributed by atoms with E-state index in [1.54, 1.807) is 30.3 Å². The first kappa shape index (κ1) is 14.0. The van der Waals surface area contributed by atoms with Gasteiger partial charge in [-0.3, -0.25) is 9.59 Å². The van der Waals surface area contributed by atoms with Crippen molar-refractivity contribution in [2.45, 2.75) is 10.9 Å². The maximum atomic E-state index is 12.5. The highest BCUT2D eigenvalue weighted by Gasteiger charge is 2.40. The lowest BCUT2D eigenvalue weighted by Crippen LogP contribution is -2.65. The number of hydrogen-bond donors (Lipinski definition) is 1. The summed E-state index contributed by atoms with van der Waals surface area (Å²) in [5.41, 5.74) is 0. The van der Waals surface area contributed by atoms with Crippen molar-refractivity contribution in [2.75, 3.05) is 26.2 Å². The molecule has 2 amide bonds. The Hall–Kier alpha value is -1.93. The molecule has 0 bridgehead atoms. The number of benzene rings is 1. The molecule has 2 saturated heterocycles. The quantitative estimate of drug-likeness (QED) is 0.711. The van der Waals surface area contributed by atoms with Crippen LogP contribution in [0.5, 0.6) is 0 Å². The highest BCUT2D eigenvalue weighted by Crippen LogP contribution is 2.21. The average Bonchev–Trinajstić information content (AvgIpc) is 2.51. The normalized spacial score (nSPS) is 23.6. The number of hydrogen-bond acceptors (Lipinski definition) is 4. The summed E-state index contributed by atoms with van der Waals surface area (Å²) in [6.45, 7) is 0.921. The molecule has 0 spiro atoms. The SMILES string of the molecule is O=C1NC[C@H]2CN(S(=O)(=O)c3ccccc3)CCN2C1=O. The standard InChI is InChI=1S/C13H15N3O4S/c17-12-13(18)16-7-6-15(9-10(16)8-14-12)21(19,20)11-4-2-1-3-5-11/h1-5,10H,6-9H2,(H,14,17)/t10-/m0/s1. The van der Waals surface area contributed by atoms with Gasteiger partial charge in [0.1, 0.15) is 0 Å². The zero-order chi connectivity index (χ0) is 15.0. The molecule has 1 N–H and O–H groups in total. The van der Waals surface area contributed by atoms with Gasteiger partial charge in [-0.1, -0.05) is 18.2 Å². The predicted molar refractivity (Wildman–Crippen MR) is 73.7 cm³/mol. The van der Waals surface area contributed by atoms with Crippen molar-refractivity contribution in [3.8, 4) is 0 Å². The smallest absolute Gasteiger partial charge is 0.312 e. The molecule has 0 aliphatic carbocycles. The number of carbonyl (C=O) groups is 2. The summed E-state index contributed by atoms with van der Waals surface area (Å²) in [5, 5.41) is 2.49. The molecule has 0 unspecified atom stereocenters. The highest BCUT2D eigenvalue weighted by atomic mass is 32.2. The predicted octanol–water partition coefficient (Wildman–Crippen LogP) is -0.982. The highest BCUT2D eigenvalue weighted by molar-refractivity contribution is 7.89. The van der Waals surface area contributed by atoms with Gasteiger partial charge < -0.3 is 10.2 Å². The van der Waals surface area contributed by atoms with Crippen molar-refractivity contribution >= 4 is 21.8 Å². The van der Waals surface area contributed by atoms with Gasteiger partial charge in [-0.15, -0.1) is 0 Å². The minimum Gasteiger partial charge on any atom is -0.346 e. The van der Waals surface area contributed by atoms with Crippen molar-refractivity contribution in [2.24, 2.45) is 0 Å². The van der Waals surface area contributed by atoms with E-state index in [4.69, 9.17) is 0 Å². The molecule has 3 rings (SSSR count). The Kier molecular flexibility index (Phi) is 3.42. The van der Waals surface area contributed by atoms with Crippen molar-refractivity contribution in [3.63, 3.8) is 0 Å². The second-order valence-electron chi connectivity index (χ2n) is 5.04. The fourth-order valence-electron chi connectivity index (χ4n) is 2.65. The molecule has 0 saturated carbocycles. The van der Waals surface area contributed by atoms with Gasteiger partial charge in [-0.25, -0.2) is 8.42 Å². The van der Waals surface area contributed by atoms with Gasteiger partial charge in [0.2, 0.25) is 10.0 Å².